The minimum absolute atomic E-state index is 0.149. The molecule has 4 nitrogen and oxygen atoms in total. The second-order valence-electron chi connectivity index (χ2n) is 8.33. The van der Waals surface area contributed by atoms with Crippen molar-refractivity contribution in [2.75, 3.05) is 11.9 Å². The van der Waals surface area contributed by atoms with Gasteiger partial charge in [0.2, 0.25) is 0 Å². The number of fused-ring (bicyclic) bond motifs is 1. The van der Waals surface area contributed by atoms with Crippen molar-refractivity contribution in [2.45, 2.75) is 47.0 Å². The van der Waals surface area contributed by atoms with Gasteiger partial charge in [0.1, 0.15) is 10.8 Å². The van der Waals surface area contributed by atoms with E-state index in [-0.39, 0.29) is 23.0 Å². The fraction of sp³-hybridized carbons (Fsp3) is 0.455. The molecule has 2 amide bonds. The van der Waals surface area contributed by atoms with Crippen LogP contribution in [0.3, 0.4) is 0 Å². The van der Waals surface area contributed by atoms with Crippen LogP contribution in [-0.2, 0) is 12.8 Å². The number of thiophene rings is 1. The topological polar surface area (TPSA) is 58.2 Å². The molecule has 150 valence electrons. The van der Waals surface area contributed by atoms with Crippen molar-refractivity contribution in [1.29, 1.82) is 0 Å². The summed E-state index contributed by atoms with van der Waals surface area (Å²) in [5.41, 5.74) is 2.21. The van der Waals surface area contributed by atoms with Crippen LogP contribution in [0.5, 0.6) is 0 Å². The molecule has 0 radical (unpaired) electrons. The van der Waals surface area contributed by atoms with Crippen molar-refractivity contribution >= 4 is 28.2 Å². The van der Waals surface area contributed by atoms with Gasteiger partial charge in [0.25, 0.3) is 11.8 Å². The van der Waals surface area contributed by atoms with Crippen LogP contribution in [0.4, 0.5) is 9.39 Å². The van der Waals surface area contributed by atoms with E-state index in [4.69, 9.17) is 0 Å². The van der Waals surface area contributed by atoms with E-state index in [0.717, 1.165) is 24.8 Å². The van der Waals surface area contributed by atoms with Gasteiger partial charge in [-0.2, -0.15) is 0 Å². The van der Waals surface area contributed by atoms with Crippen LogP contribution in [0.2, 0.25) is 0 Å². The molecule has 1 unspecified atom stereocenters. The maximum atomic E-state index is 13.1. The molecule has 3 rings (SSSR count). The van der Waals surface area contributed by atoms with Crippen molar-refractivity contribution < 1.29 is 14.0 Å². The molecule has 28 heavy (non-hydrogen) atoms. The monoisotopic (exact) mass is 402 g/mol. The summed E-state index contributed by atoms with van der Waals surface area (Å²) in [5.74, 6) is -0.333. The maximum Gasteiger partial charge on any atom is 0.256 e. The highest BCUT2D eigenvalue weighted by Gasteiger charge is 2.34. The van der Waals surface area contributed by atoms with E-state index in [1.54, 1.807) is 0 Å². The van der Waals surface area contributed by atoms with Crippen LogP contribution in [0, 0.1) is 17.2 Å². The lowest BCUT2D eigenvalue weighted by Crippen LogP contribution is -2.28. The lowest BCUT2D eigenvalue weighted by molar-refractivity contribution is 0.0955. The molecule has 0 saturated carbocycles. The zero-order valence-electron chi connectivity index (χ0n) is 16.8. The molecule has 1 aliphatic rings. The Hall–Kier alpha value is -2.21. The van der Waals surface area contributed by atoms with Gasteiger partial charge in [0.05, 0.1) is 5.56 Å². The zero-order valence-corrected chi connectivity index (χ0v) is 17.6. The van der Waals surface area contributed by atoms with Gasteiger partial charge in [0.15, 0.2) is 0 Å². The lowest BCUT2D eigenvalue weighted by Gasteiger charge is -2.33. The molecule has 1 aromatic carbocycles. The number of carbonyl (C=O) groups excluding carboxylic acids is 2. The molecular weight excluding hydrogens is 375 g/mol. The molecule has 0 bridgehead atoms. The van der Waals surface area contributed by atoms with Gasteiger partial charge in [-0.3, -0.25) is 9.59 Å². The highest BCUT2D eigenvalue weighted by Crippen LogP contribution is 2.44. The normalized spacial score (nSPS) is 16.4. The molecule has 0 spiro atoms. The van der Waals surface area contributed by atoms with Crippen LogP contribution >= 0.6 is 11.3 Å². The Kier molecular flexibility index (Phi) is 5.89. The first-order valence-electron chi connectivity index (χ1n) is 9.70. The Balaban J connectivity index is 1.93. The SMILES string of the molecule is CCNC(=O)c1c(NC(=O)c2ccc(F)cc2)sc2c1CCC(C(C)(C)C)C2. The first kappa shape index (κ1) is 20.5. The smallest absolute Gasteiger partial charge is 0.256 e. The van der Waals surface area contributed by atoms with Gasteiger partial charge in [-0.25, -0.2) is 4.39 Å². The minimum atomic E-state index is -0.389. The third-order valence-electron chi connectivity index (χ3n) is 5.39. The average molecular weight is 403 g/mol. The van der Waals surface area contributed by atoms with E-state index in [0.29, 0.717) is 28.6 Å². The first-order chi connectivity index (χ1) is 13.2. The van der Waals surface area contributed by atoms with E-state index in [1.165, 1.54) is 40.5 Å². The Morgan fingerprint density at radius 3 is 2.46 bits per heavy atom. The Labute approximate surface area is 169 Å². The van der Waals surface area contributed by atoms with Crippen LogP contribution < -0.4 is 10.6 Å². The molecule has 2 N–H and O–H groups in total. The molecule has 0 saturated heterocycles. The van der Waals surface area contributed by atoms with Crippen molar-refractivity contribution in [3.05, 3.63) is 51.7 Å². The summed E-state index contributed by atoms with van der Waals surface area (Å²) in [4.78, 5) is 26.6. The highest BCUT2D eigenvalue weighted by molar-refractivity contribution is 7.17. The quantitative estimate of drug-likeness (QED) is 0.753. The molecule has 6 heteroatoms. The van der Waals surface area contributed by atoms with Crippen molar-refractivity contribution in [3.8, 4) is 0 Å². The third kappa shape index (κ3) is 4.27. The Morgan fingerprint density at radius 2 is 1.86 bits per heavy atom. The number of nitrogens with one attached hydrogen (secondary N) is 2. The molecule has 0 aliphatic heterocycles. The van der Waals surface area contributed by atoms with Crippen LogP contribution in [0.25, 0.3) is 0 Å². The average Bonchev–Trinajstić information content (AvgIpc) is 2.98. The number of carbonyl (C=O) groups is 2. The van der Waals surface area contributed by atoms with Gasteiger partial charge >= 0.3 is 0 Å². The largest absolute Gasteiger partial charge is 0.352 e. The predicted octanol–water partition coefficient (Wildman–Crippen LogP) is 5.04. The minimum Gasteiger partial charge on any atom is -0.352 e. The van der Waals surface area contributed by atoms with Gasteiger partial charge in [-0.1, -0.05) is 20.8 Å². The molecule has 0 fully saturated rings. The number of amides is 2. The van der Waals surface area contributed by atoms with Gasteiger partial charge in [-0.05, 0) is 67.3 Å². The summed E-state index contributed by atoms with van der Waals surface area (Å²) in [5, 5.41) is 6.34. The molecule has 1 aromatic heterocycles. The Morgan fingerprint density at radius 1 is 1.18 bits per heavy atom. The summed E-state index contributed by atoms with van der Waals surface area (Å²) in [6.45, 7) is 9.15. The summed E-state index contributed by atoms with van der Waals surface area (Å²) in [6.07, 6.45) is 2.79. The second kappa shape index (κ2) is 8.03. The number of anilines is 1. The highest BCUT2D eigenvalue weighted by atomic mass is 32.1. The Bertz CT molecular complexity index is 881. The summed E-state index contributed by atoms with van der Waals surface area (Å²) in [7, 11) is 0. The van der Waals surface area contributed by atoms with Gasteiger partial charge in [-0.15, -0.1) is 11.3 Å². The van der Waals surface area contributed by atoms with E-state index in [9.17, 15) is 14.0 Å². The number of rotatable bonds is 4. The van der Waals surface area contributed by atoms with Crippen molar-refractivity contribution in [1.82, 2.24) is 5.32 Å². The number of hydrogen-bond acceptors (Lipinski definition) is 3. The third-order valence-corrected chi connectivity index (χ3v) is 6.56. The second-order valence-corrected chi connectivity index (χ2v) is 9.44. The van der Waals surface area contributed by atoms with Gasteiger partial charge in [0, 0.05) is 17.0 Å². The molecular formula is C22H27FN2O2S. The zero-order chi connectivity index (χ0) is 20.5. The maximum absolute atomic E-state index is 13.1. The van der Waals surface area contributed by atoms with Crippen LogP contribution in [0.15, 0.2) is 24.3 Å². The van der Waals surface area contributed by atoms with E-state index >= 15 is 0 Å². The number of benzene rings is 1. The lowest BCUT2D eigenvalue weighted by atomic mass is 9.72. The molecule has 2 aromatic rings. The first-order valence-corrected chi connectivity index (χ1v) is 10.5. The summed E-state index contributed by atoms with van der Waals surface area (Å²) >= 11 is 1.50. The number of halogens is 1. The molecule has 1 heterocycles. The van der Waals surface area contributed by atoms with E-state index in [1.807, 2.05) is 6.92 Å². The van der Waals surface area contributed by atoms with Crippen LogP contribution in [-0.4, -0.2) is 18.4 Å². The van der Waals surface area contributed by atoms with Crippen LogP contribution in [0.1, 0.15) is 65.3 Å². The standard InChI is InChI=1S/C22H27FN2O2S/c1-5-24-20(27)18-16-11-8-14(22(2,3)4)12-17(16)28-21(18)25-19(26)13-6-9-15(23)10-7-13/h6-7,9-10,14H,5,8,11-12H2,1-4H3,(H,24,27)(H,25,26). The fourth-order valence-electron chi connectivity index (χ4n) is 3.68. The van der Waals surface area contributed by atoms with Crippen molar-refractivity contribution in [2.24, 2.45) is 11.3 Å². The fourth-order valence-corrected chi connectivity index (χ4v) is 5.00. The molecule has 1 aliphatic carbocycles. The van der Waals surface area contributed by atoms with E-state index in [2.05, 4.69) is 31.4 Å². The summed E-state index contributed by atoms with van der Waals surface area (Å²) in [6, 6.07) is 5.40. The molecule has 1 atom stereocenters. The van der Waals surface area contributed by atoms with Gasteiger partial charge < -0.3 is 10.6 Å². The van der Waals surface area contributed by atoms with Crippen molar-refractivity contribution in [3.63, 3.8) is 0 Å². The summed E-state index contributed by atoms with van der Waals surface area (Å²) < 4.78 is 13.1. The number of hydrogen-bond donors (Lipinski definition) is 2. The van der Waals surface area contributed by atoms with E-state index < -0.39 is 0 Å². The predicted molar refractivity (Wildman–Crippen MR) is 112 cm³/mol.